The summed E-state index contributed by atoms with van der Waals surface area (Å²) in [5.74, 6) is -4.48. The molecule has 0 aromatic heterocycles. The molecule has 0 bridgehead atoms. The van der Waals surface area contributed by atoms with Crippen molar-refractivity contribution >= 4 is 35.3 Å². The highest BCUT2D eigenvalue weighted by molar-refractivity contribution is 6.35. The number of fused-ring (bicyclic) bond motifs is 2. The summed E-state index contributed by atoms with van der Waals surface area (Å²) in [6.07, 6.45) is -4.94. The molecule has 0 radical (unpaired) electrons. The Bertz CT molecular complexity index is 1730. The van der Waals surface area contributed by atoms with E-state index < -0.39 is 41.2 Å². The number of nitrogens with zero attached hydrogens (tertiary/aromatic N) is 2. The Balaban J connectivity index is 1.65. The van der Waals surface area contributed by atoms with Crippen molar-refractivity contribution < 1.29 is 47.0 Å². The van der Waals surface area contributed by atoms with Crippen LogP contribution in [0.1, 0.15) is 75.4 Å². The average molecular weight is 566 g/mol. The molecule has 5 rings (SSSR count). The SMILES string of the molecule is COc1c(C)cc(C(=O)O)cc1N1C(=O)c2ccc(C(C)(c3ccc4c(c3)C(=O)N(C)C4=O)C(F)(F)F)cc2C1=O. The molecule has 41 heavy (non-hydrogen) atoms. The van der Waals surface area contributed by atoms with Crippen LogP contribution in [0.4, 0.5) is 18.9 Å². The van der Waals surface area contributed by atoms with E-state index in [-0.39, 0.29) is 50.4 Å². The quantitative estimate of drug-likeness (QED) is 0.448. The first-order valence-corrected chi connectivity index (χ1v) is 12.1. The third-order valence-corrected chi connectivity index (χ3v) is 7.64. The van der Waals surface area contributed by atoms with E-state index in [0.717, 1.165) is 54.3 Å². The van der Waals surface area contributed by atoms with E-state index >= 15 is 0 Å². The van der Waals surface area contributed by atoms with Crippen LogP contribution >= 0.6 is 0 Å². The number of halogens is 3. The highest BCUT2D eigenvalue weighted by atomic mass is 19.4. The van der Waals surface area contributed by atoms with Crippen LogP contribution in [0.5, 0.6) is 5.75 Å². The molecule has 1 atom stereocenters. The maximum absolute atomic E-state index is 14.8. The lowest BCUT2D eigenvalue weighted by atomic mass is 9.74. The molecule has 1 unspecified atom stereocenters. The Labute approximate surface area is 230 Å². The fourth-order valence-corrected chi connectivity index (χ4v) is 5.25. The summed E-state index contributed by atoms with van der Waals surface area (Å²) in [5, 5.41) is 9.48. The summed E-state index contributed by atoms with van der Waals surface area (Å²) < 4.78 is 49.8. The van der Waals surface area contributed by atoms with Crippen LogP contribution in [0.3, 0.4) is 0 Å². The topological polar surface area (TPSA) is 121 Å². The second-order valence-electron chi connectivity index (χ2n) is 9.91. The first-order valence-electron chi connectivity index (χ1n) is 12.1. The van der Waals surface area contributed by atoms with Crippen molar-refractivity contribution in [3.8, 4) is 5.75 Å². The number of aromatic carboxylic acids is 1. The Hall–Kier alpha value is -5.00. The lowest BCUT2D eigenvalue weighted by molar-refractivity contribution is -0.173. The monoisotopic (exact) mass is 566 g/mol. The van der Waals surface area contributed by atoms with Crippen LogP contribution in [0.15, 0.2) is 48.5 Å². The molecule has 0 saturated carbocycles. The smallest absolute Gasteiger partial charge is 0.402 e. The van der Waals surface area contributed by atoms with Crippen molar-refractivity contribution in [3.63, 3.8) is 0 Å². The molecule has 2 aliphatic rings. The molecule has 3 aromatic carbocycles. The number of alkyl halides is 3. The van der Waals surface area contributed by atoms with Crippen LogP contribution in [0.25, 0.3) is 0 Å². The van der Waals surface area contributed by atoms with Crippen molar-refractivity contribution in [2.24, 2.45) is 0 Å². The van der Waals surface area contributed by atoms with Gasteiger partial charge < -0.3 is 9.84 Å². The van der Waals surface area contributed by atoms with Gasteiger partial charge in [0.15, 0.2) is 0 Å². The molecule has 0 fully saturated rings. The molecule has 0 aliphatic carbocycles. The van der Waals surface area contributed by atoms with Gasteiger partial charge in [0.1, 0.15) is 11.2 Å². The lowest BCUT2D eigenvalue weighted by Gasteiger charge is -2.33. The van der Waals surface area contributed by atoms with E-state index in [1.807, 2.05) is 0 Å². The molecular weight excluding hydrogens is 545 g/mol. The highest BCUT2D eigenvalue weighted by Gasteiger charge is 2.55. The van der Waals surface area contributed by atoms with E-state index in [1.54, 1.807) is 0 Å². The summed E-state index contributed by atoms with van der Waals surface area (Å²) in [6.45, 7) is 2.40. The molecule has 2 aliphatic heterocycles. The van der Waals surface area contributed by atoms with E-state index in [2.05, 4.69) is 0 Å². The third-order valence-electron chi connectivity index (χ3n) is 7.64. The zero-order valence-electron chi connectivity index (χ0n) is 22.0. The lowest BCUT2D eigenvalue weighted by Crippen LogP contribution is -2.41. The first-order chi connectivity index (χ1) is 19.1. The Kier molecular flexibility index (Phi) is 6.06. The van der Waals surface area contributed by atoms with Gasteiger partial charge in [-0.3, -0.25) is 24.1 Å². The van der Waals surface area contributed by atoms with Crippen LogP contribution in [-0.2, 0) is 5.41 Å². The maximum atomic E-state index is 14.8. The molecular formula is C29H21F3N2O7. The normalized spacial score (nSPS) is 16.2. The summed E-state index contributed by atoms with van der Waals surface area (Å²) in [7, 11) is 2.49. The van der Waals surface area contributed by atoms with Crippen LogP contribution in [0, 0.1) is 6.92 Å². The number of imide groups is 2. The first kappa shape index (κ1) is 27.6. The largest absolute Gasteiger partial charge is 0.494 e. The van der Waals surface area contributed by atoms with Crippen molar-refractivity contribution in [1.29, 1.82) is 0 Å². The van der Waals surface area contributed by atoms with Gasteiger partial charge in [-0.05, 0) is 66.9 Å². The number of hydrogen-bond donors (Lipinski definition) is 1. The third kappa shape index (κ3) is 3.81. The number of carboxylic acids is 1. The van der Waals surface area contributed by atoms with Gasteiger partial charge in [-0.1, -0.05) is 12.1 Å². The van der Waals surface area contributed by atoms with Gasteiger partial charge in [-0.25, -0.2) is 9.69 Å². The second kappa shape index (κ2) is 9.01. The summed E-state index contributed by atoms with van der Waals surface area (Å²) >= 11 is 0. The van der Waals surface area contributed by atoms with Crippen LogP contribution in [0.2, 0.25) is 0 Å². The Morgan fingerprint density at radius 2 is 1.29 bits per heavy atom. The number of hydrogen-bond acceptors (Lipinski definition) is 6. The Morgan fingerprint density at radius 3 is 1.80 bits per heavy atom. The number of aryl methyl sites for hydroxylation is 1. The van der Waals surface area contributed by atoms with Gasteiger partial charge in [-0.15, -0.1) is 0 Å². The number of amides is 4. The Morgan fingerprint density at radius 1 is 0.805 bits per heavy atom. The number of carboxylic acid groups (broad SMARTS) is 1. The van der Waals surface area contributed by atoms with Crippen molar-refractivity contribution in [2.45, 2.75) is 25.4 Å². The molecule has 3 aromatic rings. The van der Waals surface area contributed by atoms with Crippen LogP contribution < -0.4 is 9.64 Å². The summed E-state index contributed by atoms with van der Waals surface area (Å²) in [4.78, 5) is 64.8. The van der Waals surface area contributed by atoms with Crippen LogP contribution in [-0.4, -0.2) is 59.9 Å². The number of anilines is 1. The predicted molar refractivity (Wildman–Crippen MR) is 138 cm³/mol. The summed E-state index contributed by atoms with van der Waals surface area (Å²) in [6, 6.07) is 8.80. The van der Waals surface area contributed by atoms with E-state index in [0.29, 0.717) is 10.5 Å². The number of methoxy groups -OCH3 is 1. The molecule has 2 heterocycles. The second-order valence-corrected chi connectivity index (χ2v) is 9.91. The van der Waals surface area contributed by atoms with E-state index in [9.17, 15) is 42.3 Å². The predicted octanol–water partition coefficient (Wildman–Crippen LogP) is 4.60. The molecule has 12 heteroatoms. The molecule has 1 N–H and O–H groups in total. The van der Waals surface area contributed by atoms with E-state index in [1.165, 1.54) is 27.1 Å². The van der Waals surface area contributed by atoms with Gasteiger partial charge in [-0.2, -0.15) is 13.2 Å². The average Bonchev–Trinajstić information content (AvgIpc) is 3.30. The minimum absolute atomic E-state index is 0.0241. The van der Waals surface area contributed by atoms with Gasteiger partial charge in [0.2, 0.25) is 0 Å². The van der Waals surface area contributed by atoms with Gasteiger partial charge in [0.25, 0.3) is 23.6 Å². The minimum Gasteiger partial charge on any atom is -0.494 e. The fourth-order valence-electron chi connectivity index (χ4n) is 5.25. The number of rotatable bonds is 5. The summed E-state index contributed by atoms with van der Waals surface area (Å²) in [5.41, 5.74) is -4.27. The zero-order chi connectivity index (χ0) is 30.2. The molecule has 0 saturated heterocycles. The number of ether oxygens (including phenoxy) is 1. The van der Waals surface area contributed by atoms with E-state index in [4.69, 9.17) is 4.74 Å². The van der Waals surface area contributed by atoms with Gasteiger partial charge in [0, 0.05) is 7.05 Å². The highest BCUT2D eigenvalue weighted by Crippen LogP contribution is 2.48. The number of carbonyl (C=O) groups excluding carboxylic acids is 4. The van der Waals surface area contributed by atoms with Gasteiger partial charge >= 0.3 is 12.1 Å². The fraction of sp³-hybridized carbons (Fsp3) is 0.207. The minimum atomic E-state index is -4.94. The molecule has 9 nitrogen and oxygen atoms in total. The number of carbonyl (C=O) groups is 5. The molecule has 0 spiro atoms. The molecule has 4 amide bonds. The van der Waals surface area contributed by atoms with Crippen molar-refractivity contribution in [3.05, 3.63) is 93.0 Å². The molecule has 210 valence electrons. The maximum Gasteiger partial charge on any atom is 0.402 e. The van der Waals surface area contributed by atoms with Crippen molar-refractivity contribution in [1.82, 2.24) is 4.90 Å². The standard InChI is InChI=1S/C29H21F3N2O7/c1-13-9-14(27(39)40)10-21(22(13)41-4)34-25(37)18-8-6-16(12-20(18)26(34)38)28(2,29(30,31)32)15-5-7-17-19(11-15)24(36)33(3)23(17)35/h5-12H,1-4H3,(H,39,40). The zero-order valence-corrected chi connectivity index (χ0v) is 22.0. The number of benzene rings is 3. The van der Waals surface area contributed by atoms with Gasteiger partial charge in [0.05, 0.1) is 40.6 Å². The van der Waals surface area contributed by atoms with Crippen molar-refractivity contribution in [2.75, 3.05) is 19.1 Å².